The topological polar surface area (TPSA) is 55.6 Å². The predicted molar refractivity (Wildman–Crippen MR) is 102 cm³/mol. The molecule has 1 heterocycles. The van der Waals surface area contributed by atoms with Gasteiger partial charge >= 0.3 is 0 Å². The summed E-state index contributed by atoms with van der Waals surface area (Å²) < 4.78 is 23.9. The zero-order chi connectivity index (χ0) is 19.2. The van der Waals surface area contributed by atoms with E-state index in [0.717, 1.165) is 16.9 Å². The molecular weight excluding hydrogens is 367 g/mol. The van der Waals surface area contributed by atoms with Gasteiger partial charge < -0.3 is 14.1 Å². The van der Waals surface area contributed by atoms with Gasteiger partial charge in [-0.2, -0.15) is 0 Å². The summed E-state index contributed by atoms with van der Waals surface area (Å²) in [6.07, 6.45) is 1.57. The van der Waals surface area contributed by atoms with E-state index in [-0.39, 0.29) is 17.5 Å². The number of amides is 1. The molecule has 0 aliphatic carbocycles. The highest BCUT2D eigenvalue weighted by Gasteiger charge is 2.14. The van der Waals surface area contributed by atoms with Gasteiger partial charge in [-0.25, -0.2) is 9.37 Å². The van der Waals surface area contributed by atoms with Crippen LogP contribution in [0.1, 0.15) is 5.56 Å². The van der Waals surface area contributed by atoms with Crippen molar-refractivity contribution in [3.63, 3.8) is 0 Å². The summed E-state index contributed by atoms with van der Waals surface area (Å²) in [6, 6.07) is 13.6. The smallest absolute Gasteiger partial charge is 0.256 e. The molecular formula is C20H19FN2O3S. The number of carbonyl (C=O) groups is 1. The van der Waals surface area contributed by atoms with Crippen LogP contribution in [0.25, 0.3) is 11.3 Å². The Morgan fingerprint density at radius 2 is 1.96 bits per heavy atom. The van der Waals surface area contributed by atoms with E-state index in [2.05, 4.69) is 4.98 Å². The normalized spacial score (nSPS) is 10.6. The maximum Gasteiger partial charge on any atom is 0.256 e. The first kappa shape index (κ1) is 19.0. The molecule has 0 spiro atoms. The number of carbonyl (C=O) groups excluding carboxylic acids is 1. The Balaban J connectivity index is 1.56. The quantitative estimate of drug-likeness (QED) is 0.569. The second-order valence-electron chi connectivity index (χ2n) is 5.85. The van der Waals surface area contributed by atoms with Crippen LogP contribution in [0.4, 0.5) is 4.39 Å². The standard InChI is InChI=1S/C20H19FN2O3S/c1-23(12-15-5-3-4-6-17(15)25-2)19(24)13-27-20-22-11-18(26-20)14-7-9-16(21)10-8-14/h3-11H,12-13H2,1-2H3. The van der Waals surface area contributed by atoms with Crippen LogP contribution >= 0.6 is 11.8 Å². The van der Waals surface area contributed by atoms with Gasteiger partial charge in [0, 0.05) is 24.7 Å². The average Bonchev–Trinajstić information content (AvgIpc) is 3.16. The lowest BCUT2D eigenvalue weighted by Gasteiger charge is -2.18. The summed E-state index contributed by atoms with van der Waals surface area (Å²) >= 11 is 1.22. The minimum Gasteiger partial charge on any atom is -0.496 e. The molecule has 1 amide bonds. The van der Waals surface area contributed by atoms with Crippen molar-refractivity contribution in [3.8, 4) is 17.1 Å². The highest BCUT2D eigenvalue weighted by Crippen LogP contribution is 2.26. The van der Waals surface area contributed by atoms with Gasteiger partial charge in [-0.3, -0.25) is 4.79 Å². The van der Waals surface area contributed by atoms with Crippen molar-refractivity contribution in [2.45, 2.75) is 11.8 Å². The number of hydrogen-bond donors (Lipinski definition) is 0. The molecule has 0 radical (unpaired) electrons. The summed E-state index contributed by atoms with van der Waals surface area (Å²) in [4.78, 5) is 18.2. The zero-order valence-corrected chi connectivity index (χ0v) is 15.8. The fourth-order valence-electron chi connectivity index (χ4n) is 2.48. The molecule has 0 aliphatic rings. The molecule has 0 bridgehead atoms. The van der Waals surface area contributed by atoms with Crippen molar-refractivity contribution < 1.29 is 18.3 Å². The first-order valence-electron chi connectivity index (χ1n) is 8.27. The maximum atomic E-state index is 13.0. The monoisotopic (exact) mass is 386 g/mol. The highest BCUT2D eigenvalue weighted by atomic mass is 32.2. The summed E-state index contributed by atoms with van der Waals surface area (Å²) in [5.41, 5.74) is 1.67. The predicted octanol–water partition coefficient (Wildman–Crippen LogP) is 4.24. The van der Waals surface area contributed by atoms with Gasteiger partial charge in [0.15, 0.2) is 5.76 Å². The SMILES string of the molecule is COc1ccccc1CN(C)C(=O)CSc1ncc(-c2ccc(F)cc2)o1. The van der Waals surface area contributed by atoms with Crippen LogP contribution in [0.5, 0.6) is 5.75 Å². The second-order valence-corrected chi connectivity index (χ2v) is 6.77. The summed E-state index contributed by atoms with van der Waals surface area (Å²) in [7, 11) is 3.35. The van der Waals surface area contributed by atoms with Crippen molar-refractivity contribution in [3.05, 3.63) is 66.1 Å². The third kappa shape index (κ3) is 4.89. The lowest BCUT2D eigenvalue weighted by atomic mass is 10.2. The van der Waals surface area contributed by atoms with Crippen LogP contribution in [-0.2, 0) is 11.3 Å². The fourth-order valence-corrected chi connectivity index (χ4v) is 3.23. The number of nitrogens with zero attached hydrogens (tertiary/aromatic N) is 2. The molecule has 0 atom stereocenters. The Morgan fingerprint density at radius 1 is 1.22 bits per heavy atom. The van der Waals surface area contributed by atoms with Crippen molar-refractivity contribution >= 4 is 17.7 Å². The van der Waals surface area contributed by atoms with Crippen molar-refractivity contribution in [2.24, 2.45) is 0 Å². The number of methoxy groups -OCH3 is 1. The first-order valence-corrected chi connectivity index (χ1v) is 9.26. The maximum absolute atomic E-state index is 13.0. The van der Waals surface area contributed by atoms with Crippen LogP contribution < -0.4 is 4.74 Å². The Hall–Kier alpha value is -2.80. The van der Waals surface area contributed by atoms with Gasteiger partial charge in [-0.15, -0.1) is 0 Å². The van der Waals surface area contributed by atoms with Crippen molar-refractivity contribution in [2.75, 3.05) is 19.9 Å². The number of para-hydroxylation sites is 1. The molecule has 0 aliphatic heterocycles. The third-order valence-electron chi connectivity index (χ3n) is 3.96. The number of halogens is 1. The van der Waals surface area contributed by atoms with Crippen LogP contribution in [0, 0.1) is 5.82 Å². The molecule has 3 aromatic rings. The number of oxazole rings is 1. The van der Waals surface area contributed by atoms with Crippen molar-refractivity contribution in [1.82, 2.24) is 9.88 Å². The Bertz CT molecular complexity index is 912. The van der Waals surface area contributed by atoms with Crippen LogP contribution in [0.3, 0.4) is 0 Å². The van der Waals surface area contributed by atoms with E-state index >= 15 is 0 Å². The molecule has 3 rings (SSSR count). The highest BCUT2D eigenvalue weighted by molar-refractivity contribution is 7.99. The number of thioether (sulfide) groups is 1. The third-order valence-corrected chi connectivity index (χ3v) is 4.79. The molecule has 1 aromatic heterocycles. The summed E-state index contributed by atoms with van der Waals surface area (Å²) in [6.45, 7) is 0.454. The molecule has 0 N–H and O–H groups in total. The first-order chi connectivity index (χ1) is 13.1. The van der Waals surface area contributed by atoms with E-state index in [1.54, 1.807) is 37.4 Å². The van der Waals surface area contributed by atoms with E-state index in [1.165, 1.54) is 23.9 Å². The van der Waals surface area contributed by atoms with Gasteiger partial charge in [0.2, 0.25) is 5.91 Å². The number of ether oxygens (including phenoxy) is 1. The average molecular weight is 386 g/mol. The van der Waals surface area contributed by atoms with Gasteiger partial charge in [0.1, 0.15) is 11.6 Å². The number of hydrogen-bond acceptors (Lipinski definition) is 5. The number of aromatic nitrogens is 1. The van der Waals surface area contributed by atoms with Gasteiger partial charge in [0.05, 0.1) is 19.1 Å². The largest absolute Gasteiger partial charge is 0.496 e. The molecule has 0 fully saturated rings. The minimum absolute atomic E-state index is 0.0487. The molecule has 140 valence electrons. The van der Waals surface area contributed by atoms with Crippen LogP contribution in [0.2, 0.25) is 0 Å². The summed E-state index contributed by atoms with van der Waals surface area (Å²) in [5.74, 6) is 1.13. The zero-order valence-electron chi connectivity index (χ0n) is 15.0. The number of benzene rings is 2. The molecule has 0 saturated heterocycles. The van der Waals surface area contributed by atoms with Gasteiger partial charge in [0.25, 0.3) is 5.22 Å². The van der Waals surface area contributed by atoms with Crippen LogP contribution in [0.15, 0.2) is 64.4 Å². The Kier molecular flexibility index (Phi) is 6.13. The van der Waals surface area contributed by atoms with Gasteiger partial charge in [-0.1, -0.05) is 30.0 Å². The molecule has 27 heavy (non-hydrogen) atoms. The molecule has 0 unspecified atom stereocenters. The molecule has 2 aromatic carbocycles. The van der Waals surface area contributed by atoms with E-state index in [4.69, 9.17) is 9.15 Å². The molecule has 5 nitrogen and oxygen atoms in total. The Morgan fingerprint density at radius 3 is 2.70 bits per heavy atom. The van der Waals surface area contributed by atoms with E-state index in [1.807, 2.05) is 24.3 Å². The lowest BCUT2D eigenvalue weighted by Crippen LogP contribution is -2.28. The van der Waals surface area contributed by atoms with Crippen LogP contribution in [-0.4, -0.2) is 35.7 Å². The fraction of sp³-hybridized carbons (Fsp3) is 0.200. The van der Waals surface area contributed by atoms with E-state index < -0.39 is 0 Å². The Labute approximate surface area is 161 Å². The van der Waals surface area contributed by atoms with E-state index in [9.17, 15) is 9.18 Å². The molecule has 7 heteroatoms. The number of rotatable bonds is 7. The minimum atomic E-state index is -0.309. The second kappa shape index (κ2) is 8.73. The molecule has 0 saturated carbocycles. The summed E-state index contributed by atoms with van der Waals surface area (Å²) in [5, 5.41) is 0.397. The van der Waals surface area contributed by atoms with Crippen molar-refractivity contribution in [1.29, 1.82) is 0 Å². The van der Waals surface area contributed by atoms with Gasteiger partial charge in [-0.05, 0) is 30.3 Å². The van der Waals surface area contributed by atoms with E-state index in [0.29, 0.717) is 17.5 Å². The lowest BCUT2D eigenvalue weighted by molar-refractivity contribution is -0.127.